The Balaban J connectivity index is 1.50. The molecule has 7 heteroatoms. The van der Waals surface area contributed by atoms with Crippen molar-refractivity contribution in [2.45, 2.75) is 26.2 Å². The van der Waals surface area contributed by atoms with Crippen molar-refractivity contribution in [1.29, 1.82) is 0 Å². The fraction of sp³-hybridized carbons (Fsp3) is 0.368. The summed E-state index contributed by atoms with van der Waals surface area (Å²) in [4.78, 5) is 27.1. The molecule has 1 amide bonds. The van der Waals surface area contributed by atoms with Gasteiger partial charge in [-0.2, -0.15) is 0 Å². The van der Waals surface area contributed by atoms with Gasteiger partial charge in [-0.1, -0.05) is 6.07 Å². The first-order valence-electron chi connectivity index (χ1n) is 8.88. The molecule has 3 aromatic rings. The van der Waals surface area contributed by atoms with Gasteiger partial charge in [0.15, 0.2) is 0 Å². The number of nitrogens with one attached hydrogen (secondary N) is 2. The Kier molecular flexibility index (Phi) is 4.79. The van der Waals surface area contributed by atoms with E-state index in [1.165, 1.54) is 24.2 Å². The maximum atomic E-state index is 12.5. The molecule has 26 heavy (non-hydrogen) atoms. The smallest absolute Gasteiger partial charge is 0.261 e. The molecular weight excluding hydrogens is 346 g/mol. The Morgan fingerprint density at radius 1 is 1.27 bits per heavy atom. The first-order chi connectivity index (χ1) is 12.7. The molecule has 1 aliphatic carbocycles. The van der Waals surface area contributed by atoms with Crippen LogP contribution in [0.15, 0.2) is 30.7 Å². The second-order valence-electron chi connectivity index (χ2n) is 6.61. The van der Waals surface area contributed by atoms with Crippen molar-refractivity contribution in [1.82, 2.24) is 20.3 Å². The monoisotopic (exact) mass is 367 g/mol. The first kappa shape index (κ1) is 16.9. The van der Waals surface area contributed by atoms with Gasteiger partial charge in [-0.3, -0.25) is 9.78 Å². The standard InChI is InChI=1S/C19H21N5OS/c1-12-15-17(21-9-7-14-4-2-3-8-20-14)23-11-24-19(15)26-16(12)18(25)22-10-13-5-6-13/h2-4,8,11,13H,5-7,9-10H2,1H3,(H,22,25)(H,21,23,24). The van der Waals surface area contributed by atoms with E-state index in [0.717, 1.165) is 51.7 Å². The van der Waals surface area contributed by atoms with Gasteiger partial charge in [0.2, 0.25) is 0 Å². The number of thiophene rings is 1. The number of nitrogens with zero attached hydrogens (tertiary/aromatic N) is 3. The maximum absolute atomic E-state index is 12.5. The summed E-state index contributed by atoms with van der Waals surface area (Å²) in [5.41, 5.74) is 1.98. The number of rotatable bonds is 7. The third-order valence-electron chi connectivity index (χ3n) is 4.58. The fourth-order valence-electron chi connectivity index (χ4n) is 2.92. The van der Waals surface area contributed by atoms with Gasteiger partial charge in [0.25, 0.3) is 5.91 Å². The van der Waals surface area contributed by atoms with Gasteiger partial charge in [0, 0.05) is 31.4 Å². The molecule has 0 radical (unpaired) electrons. The average Bonchev–Trinajstić information content (AvgIpc) is 3.43. The normalized spacial score (nSPS) is 13.7. The zero-order valence-corrected chi connectivity index (χ0v) is 15.5. The summed E-state index contributed by atoms with van der Waals surface area (Å²) in [6.45, 7) is 3.47. The lowest BCUT2D eigenvalue weighted by molar-refractivity contribution is 0.0955. The molecule has 0 atom stereocenters. The molecular formula is C19H21N5OS. The number of hydrogen-bond donors (Lipinski definition) is 2. The Morgan fingerprint density at radius 2 is 2.15 bits per heavy atom. The average molecular weight is 367 g/mol. The highest BCUT2D eigenvalue weighted by Crippen LogP contribution is 2.33. The molecule has 0 saturated heterocycles. The van der Waals surface area contributed by atoms with Crippen molar-refractivity contribution in [3.8, 4) is 0 Å². The Morgan fingerprint density at radius 3 is 2.92 bits per heavy atom. The van der Waals surface area contributed by atoms with Crippen LogP contribution in [0.1, 0.15) is 33.8 Å². The molecule has 134 valence electrons. The highest BCUT2D eigenvalue weighted by atomic mass is 32.1. The molecule has 0 unspecified atom stereocenters. The predicted octanol–water partition coefficient (Wildman–Crippen LogP) is 3.19. The van der Waals surface area contributed by atoms with Crippen LogP contribution >= 0.6 is 11.3 Å². The molecule has 3 aromatic heterocycles. The lowest BCUT2D eigenvalue weighted by Crippen LogP contribution is -2.25. The molecule has 4 rings (SSSR count). The molecule has 0 spiro atoms. The van der Waals surface area contributed by atoms with Crippen molar-refractivity contribution in [3.63, 3.8) is 0 Å². The number of hydrogen-bond acceptors (Lipinski definition) is 6. The van der Waals surface area contributed by atoms with Gasteiger partial charge in [0.1, 0.15) is 17.0 Å². The maximum Gasteiger partial charge on any atom is 0.261 e. The predicted molar refractivity (Wildman–Crippen MR) is 104 cm³/mol. The second kappa shape index (κ2) is 7.37. The van der Waals surface area contributed by atoms with Crippen molar-refractivity contribution >= 4 is 33.3 Å². The summed E-state index contributed by atoms with van der Waals surface area (Å²) < 4.78 is 0. The lowest BCUT2D eigenvalue weighted by Gasteiger charge is -2.07. The summed E-state index contributed by atoms with van der Waals surface area (Å²) in [6, 6.07) is 5.91. The quantitative estimate of drug-likeness (QED) is 0.670. The van der Waals surface area contributed by atoms with Crippen LogP contribution in [0.5, 0.6) is 0 Å². The number of anilines is 1. The van der Waals surface area contributed by atoms with Crippen LogP contribution in [-0.2, 0) is 6.42 Å². The van der Waals surface area contributed by atoms with Gasteiger partial charge in [-0.25, -0.2) is 9.97 Å². The van der Waals surface area contributed by atoms with E-state index in [9.17, 15) is 4.79 Å². The zero-order valence-electron chi connectivity index (χ0n) is 14.7. The van der Waals surface area contributed by atoms with Gasteiger partial charge < -0.3 is 10.6 Å². The van der Waals surface area contributed by atoms with E-state index in [2.05, 4.69) is 25.6 Å². The van der Waals surface area contributed by atoms with Crippen molar-refractivity contribution < 1.29 is 4.79 Å². The van der Waals surface area contributed by atoms with E-state index >= 15 is 0 Å². The van der Waals surface area contributed by atoms with E-state index in [0.29, 0.717) is 5.92 Å². The third-order valence-corrected chi connectivity index (χ3v) is 5.78. The molecule has 0 bridgehead atoms. The fourth-order valence-corrected chi connectivity index (χ4v) is 3.98. The Labute approximate surface area is 156 Å². The number of aromatic nitrogens is 3. The molecule has 0 aromatic carbocycles. The second-order valence-corrected chi connectivity index (χ2v) is 7.61. The number of pyridine rings is 1. The van der Waals surface area contributed by atoms with E-state index < -0.39 is 0 Å². The number of aryl methyl sites for hydroxylation is 1. The summed E-state index contributed by atoms with van der Waals surface area (Å²) in [7, 11) is 0. The minimum absolute atomic E-state index is 0.00293. The third kappa shape index (κ3) is 3.67. The van der Waals surface area contributed by atoms with E-state index in [4.69, 9.17) is 0 Å². The lowest BCUT2D eigenvalue weighted by atomic mass is 10.2. The van der Waals surface area contributed by atoms with Gasteiger partial charge in [-0.15, -0.1) is 11.3 Å². The number of amides is 1. The molecule has 2 N–H and O–H groups in total. The molecule has 0 aliphatic heterocycles. The summed E-state index contributed by atoms with van der Waals surface area (Å²) in [5.74, 6) is 1.44. The van der Waals surface area contributed by atoms with E-state index in [1.807, 2.05) is 25.1 Å². The van der Waals surface area contributed by atoms with Crippen LogP contribution in [0.3, 0.4) is 0 Å². The number of carbonyl (C=O) groups excluding carboxylic acids is 1. The Bertz CT molecular complexity index is 920. The topological polar surface area (TPSA) is 79.8 Å². The minimum atomic E-state index is -0.00293. The van der Waals surface area contributed by atoms with Gasteiger partial charge in [-0.05, 0) is 43.4 Å². The van der Waals surface area contributed by atoms with Crippen molar-refractivity contribution in [2.75, 3.05) is 18.4 Å². The van der Waals surface area contributed by atoms with Crippen LogP contribution in [0.2, 0.25) is 0 Å². The summed E-state index contributed by atoms with van der Waals surface area (Å²) in [5, 5.41) is 7.35. The van der Waals surface area contributed by atoms with Gasteiger partial charge >= 0.3 is 0 Å². The van der Waals surface area contributed by atoms with Crippen LogP contribution < -0.4 is 10.6 Å². The molecule has 3 heterocycles. The Hall–Kier alpha value is -2.54. The molecule has 6 nitrogen and oxygen atoms in total. The van der Waals surface area contributed by atoms with Crippen LogP contribution in [-0.4, -0.2) is 33.9 Å². The largest absolute Gasteiger partial charge is 0.369 e. The SMILES string of the molecule is Cc1c(C(=O)NCC2CC2)sc2ncnc(NCCc3ccccn3)c12. The minimum Gasteiger partial charge on any atom is -0.369 e. The van der Waals surface area contributed by atoms with E-state index in [-0.39, 0.29) is 5.91 Å². The van der Waals surface area contributed by atoms with Crippen LogP contribution in [0.4, 0.5) is 5.82 Å². The number of carbonyl (C=O) groups is 1. The molecule has 1 aliphatic rings. The zero-order chi connectivity index (χ0) is 17.9. The molecule has 1 saturated carbocycles. The van der Waals surface area contributed by atoms with E-state index in [1.54, 1.807) is 12.5 Å². The van der Waals surface area contributed by atoms with Crippen LogP contribution in [0.25, 0.3) is 10.2 Å². The summed E-state index contributed by atoms with van der Waals surface area (Å²) in [6.07, 6.45) is 6.61. The van der Waals surface area contributed by atoms with Crippen molar-refractivity contribution in [2.24, 2.45) is 5.92 Å². The van der Waals surface area contributed by atoms with Crippen molar-refractivity contribution in [3.05, 3.63) is 46.9 Å². The van der Waals surface area contributed by atoms with Crippen LogP contribution in [0, 0.1) is 12.8 Å². The number of fused-ring (bicyclic) bond motifs is 1. The van der Waals surface area contributed by atoms with Gasteiger partial charge in [0.05, 0.1) is 10.3 Å². The summed E-state index contributed by atoms with van der Waals surface area (Å²) >= 11 is 1.43. The first-order valence-corrected chi connectivity index (χ1v) is 9.70. The molecule has 1 fully saturated rings. The highest BCUT2D eigenvalue weighted by molar-refractivity contribution is 7.20. The highest BCUT2D eigenvalue weighted by Gasteiger charge is 2.24.